The maximum absolute atomic E-state index is 10.8. The Morgan fingerprint density at radius 1 is 1.46 bits per heavy atom. The van der Waals surface area contributed by atoms with Gasteiger partial charge in [-0.3, -0.25) is 4.79 Å². The molecule has 0 atom stereocenters. The highest BCUT2D eigenvalue weighted by Gasteiger charge is 2.01. The molecule has 0 radical (unpaired) electrons. The van der Waals surface area contributed by atoms with E-state index in [4.69, 9.17) is 5.73 Å². The van der Waals surface area contributed by atoms with Crippen LogP contribution in [0, 0.1) is 0 Å². The minimum Gasteiger partial charge on any atom is -0.392 e. The van der Waals surface area contributed by atoms with Crippen LogP contribution in [0.5, 0.6) is 0 Å². The van der Waals surface area contributed by atoms with Gasteiger partial charge in [-0.05, 0) is 6.42 Å². The van der Waals surface area contributed by atoms with E-state index in [-0.39, 0.29) is 0 Å². The Bertz CT molecular complexity index is 178. The highest BCUT2D eigenvalue weighted by molar-refractivity contribution is 5.91. The second kappa shape index (κ2) is 7.46. The van der Waals surface area contributed by atoms with Crippen molar-refractivity contribution < 1.29 is 4.79 Å². The second-order valence-corrected chi connectivity index (χ2v) is 2.84. The van der Waals surface area contributed by atoms with E-state index in [0.29, 0.717) is 5.70 Å². The van der Waals surface area contributed by atoms with Crippen LogP contribution < -0.4 is 16.4 Å². The summed E-state index contributed by atoms with van der Waals surface area (Å²) in [5, 5.41) is 5.74. The van der Waals surface area contributed by atoms with Crippen molar-refractivity contribution in [1.82, 2.24) is 10.6 Å². The Balaban J connectivity index is 3.71. The van der Waals surface area contributed by atoms with Gasteiger partial charge in [0.05, 0.1) is 0 Å². The minimum atomic E-state index is -0.425. The van der Waals surface area contributed by atoms with Crippen molar-refractivity contribution in [1.29, 1.82) is 0 Å². The first kappa shape index (κ1) is 11.8. The molecule has 0 aromatic rings. The largest absolute Gasteiger partial charge is 0.392 e. The molecule has 0 fully saturated rings. The van der Waals surface area contributed by atoms with E-state index in [2.05, 4.69) is 17.6 Å². The smallest absolute Gasteiger partial charge is 0.266 e. The molecule has 4 N–H and O–H groups in total. The molecule has 0 saturated heterocycles. The lowest BCUT2D eigenvalue weighted by Gasteiger charge is -2.06. The van der Waals surface area contributed by atoms with Gasteiger partial charge >= 0.3 is 0 Å². The van der Waals surface area contributed by atoms with Crippen molar-refractivity contribution in [2.75, 3.05) is 13.6 Å². The zero-order valence-corrected chi connectivity index (χ0v) is 8.39. The topological polar surface area (TPSA) is 67.2 Å². The molecular formula is C9H19N3O. The van der Waals surface area contributed by atoms with Crippen LogP contribution in [0.25, 0.3) is 0 Å². The van der Waals surface area contributed by atoms with Crippen LogP contribution in [-0.4, -0.2) is 19.5 Å². The predicted molar refractivity (Wildman–Crippen MR) is 53.9 cm³/mol. The summed E-state index contributed by atoms with van der Waals surface area (Å²) >= 11 is 0. The molecular weight excluding hydrogens is 166 g/mol. The average molecular weight is 185 g/mol. The van der Waals surface area contributed by atoms with E-state index >= 15 is 0 Å². The highest BCUT2D eigenvalue weighted by atomic mass is 16.1. The Kier molecular flexibility index (Phi) is 6.78. The molecule has 0 saturated carbocycles. The molecule has 4 heteroatoms. The first-order valence-corrected chi connectivity index (χ1v) is 4.63. The quantitative estimate of drug-likeness (QED) is 0.395. The van der Waals surface area contributed by atoms with Crippen molar-refractivity contribution >= 4 is 5.91 Å². The van der Waals surface area contributed by atoms with Crippen LogP contribution in [0.4, 0.5) is 0 Å². The molecule has 0 bridgehead atoms. The van der Waals surface area contributed by atoms with E-state index < -0.39 is 5.91 Å². The van der Waals surface area contributed by atoms with Gasteiger partial charge in [0.25, 0.3) is 5.91 Å². The summed E-state index contributed by atoms with van der Waals surface area (Å²) < 4.78 is 0. The van der Waals surface area contributed by atoms with E-state index in [0.717, 1.165) is 13.0 Å². The van der Waals surface area contributed by atoms with Gasteiger partial charge in [0.2, 0.25) is 0 Å². The van der Waals surface area contributed by atoms with Crippen molar-refractivity contribution in [3.05, 3.63) is 11.9 Å². The zero-order chi connectivity index (χ0) is 10.1. The summed E-state index contributed by atoms with van der Waals surface area (Å²) in [6, 6.07) is 0. The molecule has 0 heterocycles. The van der Waals surface area contributed by atoms with Crippen LogP contribution in [0.2, 0.25) is 0 Å². The van der Waals surface area contributed by atoms with Crippen molar-refractivity contribution in [3.8, 4) is 0 Å². The van der Waals surface area contributed by atoms with Crippen molar-refractivity contribution in [3.63, 3.8) is 0 Å². The monoisotopic (exact) mass is 185 g/mol. The number of amides is 1. The zero-order valence-electron chi connectivity index (χ0n) is 8.39. The van der Waals surface area contributed by atoms with Gasteiger partial charge in [-0.2, -0.15) is 0 Å². The molecule has 0 spiro atoms. The highest BCUT2D eigenvalue weighted by Crippen LogP contribution is 1.93. The molecule has 0 aliphatic rings. The third kappa shape index (κ3) is 6.02. The lowest BCUT2D eigenvalue weighted by molar-refractivity contribution is -0.114. The Morgan fingerprint density at radius 2 is 2.15 bits per heavy atom. The molecule has 13 heavy (non-hydrogen) atoms. The van der Waals surface area contributed by atoms with Crippen molar-refractivity contribution in [2.45, 2.75) is 26.2 Å². The number of primary amides is 1. The third-order valence-electron chi connectivity index (χ3n) is 1.65. The Labute approximate surface area is 79.6 Å². The van der Waals surface area contributed by atoms with Gasteiger partial charge in [-0.1, -0.05) is 19.8 Å². The number of unbranched alkanes of at least 4 members (excludes halogenated alkanes) is 2. The van der Waals surface area contributed by atoms with Crippen LogP contribution >= 0.6 is 0 Å². The lowest BCUT2D eigenvalue weighted by atomic mass is 10.2. The first-order valence-electron chi connectivity index (χ1n) is 4.63. The summed E-state index contributed by atoms with van der Waals surface area (Å²) in [7, 11) is 1.73. The summed E-state index contributed by atoms with van der Waals surface area (Å²) in [6.07, 6.45) is 4.97. The maximum Gasteiger partial charge on any atom is 0.266 e. The molecule has 0 aliphatic heterocycles. The van der Waals surface area contributed by atoms with E-state index in [1.54, 1.807) is 13.2 Å². The SMILES string of the molecule is CCCCCNC(=CNC)C(N)=O. The fourth-order valence-corrected chi connectivity index (χ4v) is 0.952. The second-order valence-electron chi connectivity index (χ2n) is 2.84. The molecule has 0 unspecified atom stereocenters. The fraction of sp³-hybridized carbons (Fsp3) is 0.667. The number of hydrogen-bond donors (Lipinski definition) is 3. The van der Waals surface area contributed by atoms with Gasteiger partial charge in [0.15, 0.2) is 0 Å². The van der Waals surface area contributed by atoms with Gasteiger partial charge in [0.1, 0.15) is 5.70 Å². The summed E-state index contributed by atoms with van der Waals surface area (Å²) in [4.78, 5) is 10.8. The van der Waals surface area contributed by atoms with Crippen LogP contribution in [0.15, 0.2) is 11.9 Å². The predicted octanol–water partition coefficient (Wildman–Crippen LogP) is 0.312. The van der Waals surface area contributed by atoms with Gasteiger partial charge < -0.3 is 16.4 Å². The standard InChI is InChI=1S/C9H19N3O/c1-3-4-5-6-12-8(7-11-2)9(10)13/h7,11-12H,3-6H2,1-2H3,(H2,10,13). The summed E-state index contributed by atoms with van der Waals surface area (Å²) in [5.74, 6) is -0.425. The number of rotatable bonds is 7. The van der Waals surface area contributed by atoms with Gasteiger partial charge in [0, 0.05) is 19.8 Å². The first-order chi connectivity index (χ1) is 6.22. The minimum absolute atomic E-state index is 0.425. The van der Waals surface area contributed by atoms with E-state index in [1.807, 2.05) is 0 Å². The average Bonchev–Trinajstić information content (AvgIpc) is 2.10. The van der Waals surface area contributed by atoms with Gasteiger partial charge in [-0.25, -0.2) is 0 Å². The van der Waals surface area contributed by atoms with Crippen LogP contribution in [-0.2, 0) is 4.79 Å². The van der Waals surface area contributed by atoms with Gasteiger partial charge in [-0.15, -0.1) is 0 Å². The number of nitrogens with one attached hydrogen (secondary N) is 2. The Morgan fingerprint density at radius 3 is 2.62 bits per heavy atom. The van der Waals surface area contributed by atoms with Crippen LogP contribution in [0.3, 0.4) is 0 Å². The fourth-order valence-electron chi connectivity index (χ4n) is 0.952. The molecule has 0 aromatic heterocycles. The lowest BCUT2D eigenvalue weighted by Crippen LogP contribution is -2.28. The summed E-state index contributed by atoms with van der Waals surface area (Å²) in [6.45, 7) is 2.93. The normalized spacial score (nSPS) is 11.1. The molecule has 0 rings (SSSR count). The third-order valence-corrected chi connectivity index (χ3v) is 1.65. The molecule has 1 amide bonds. The van der Waals surface area contributed by atoms with Crippen LogP contribution in [0.1, 0.15) is 26.2 Å². The molecule has 0 aromatic carbocycles. The molecule has 0 aliphatic carbocycles. The summed E-state index contributed by atoms with van der Waals surface area (Å²) in [5.41, 5.74) is 5.57. The van der Waals surface area contributed by atoms with E-state index in [9.17, 15) is 4.79 Å². The molecule has 76 valence electrons. The Hall–Kier alpha value is -1.19. The molecule has 4 nitrogen and oxygen atoms in total. The maximum atomic E-state index is 10.8. The number of hydrogen-bond acceptors (Lipinski definition) is 3. The van der Waals surface area contributed by atoms with E-state index in [1.165, 1.54) is 12.8 Å². The number of carbonyl (C=O) groups is 1. The number of nitrogens with two attached hydrogens (primary N) is 1. The van der Waals surface area contributed by atoms with Crippen molar-refractivity contribution in [2.24, 2.45) is 5.73 Å². The number of carbonyl (C=O) groups excluding carboxylic acids is 1.